The first kappa shape index (κ1) is 15.8. The van der Waals surface area contributed by atoms with E-state index in [0.29, 0.717) is 11.3 Å². The number of carbonyl (C=O) groups is 2. The summed E-state index contributed by atoms with van der Waals surface area (Å²) in [5, 5.41) is 10.7. The first-order chi connectivity index (χ1) is 9.63. The normalized spacial score (nSPS) is 19.3. The van der Waals surface area contributed by atoms with Gasteiger partial charge in [0, 0.05) is 13.1 Å². The van der Waals surface area contributed by atoms with E-state index in [1.165, 1.54) is 7.05 Å². The van der Waals surface area contributed by atoms with E-state index in [1.807, 2.05) is 0 Å². The average molecular weight is 354 g/mol. The van der Waals surface area contributed by atoms with Crippen molar-refractivity contribution in [2.45, 2.75) is 16.7 Å². The Morgan fingerprint density at radius 2 is 2.14 bits per heavy atom. The molecule has 1 unspecified atom stereocenters. The zero-order chi connectivity index (χ0) is 15.9. The Labute approximate surface area is 127 Å². The van der Waals surface area contributed by atoms with Crippen molar-refractivity contribution < 1.29 is 22.9 Å². The molecule has 0 aromatic carbocycles. The Kier molecular flexibility index (Phi) is 4.02. The average Bonchev–Trinajstić information content (AvgIpc) is 2.87. The van der Waals surface area contributed by atoms with Gasteiger partial charge in [-0.1, -0.05) is 11.6 Å². The van der Waals surface area contributed by atoms with Crippen molar-refractivity contribution in [1.29, 1.82) is 0 Å². The van der Waals surface area contributed by atoms with Gasteiger partial charge >= 0.3 is 0 Å². The molecule has 0 saturated carbocycles. The summed E-state index contributed by atoms with van der Waals surface area (Å²) in [6, 6.07) is -0.409. The smallest absolute Gasteiger partial charge is 0.284 e. The van der Waals surface area contributed by atoms with Crippen LogP contribution < -0.4 is 4.72 Å². The van der Waals surface area contributed by atoms with Gasteiger partial charge in [-0.3, -0.25) is 24.6 Å². The molecule has 2 rings (SSSR count). The second-order valence-electron chi connectivity index (χ2n) is 4.15. The molecular weight excluding hydrogens is 346 g/mol. The minimum Gasteiger partial charge on any atom is -0.284 e. The van der Waals surface area contributed by atoms with Crippen molar-refractivity contribution in [3.63, 3.8) is 0 Å². The summed E-state index contributed by atoms with van der Waals surface area (Å²) >= 11 is 6.09. The Hall–Kier alpha value is -1.56. The van der Waals surface area contributed by atoms with E-state index in [0.717, 1.165) is 11.0 Å². The molecule has 12 heteroatoms. The quantitative estimate of drug-likeness (QED) is 0.472. The predicted molar refractivity (Wildman–Crippen MR) is 72.5 cm³/mol. The summed E-state index contributed by atoms with van der Waals surface area (Å²) in [4.78, 5) is 33.6. The summed E-state index contributed by atoms with van der Waals surface area (Å²) in [6.07, 6.45) is -0.296. The molecule has 0 bridgehead atoms. The molecule has 21 heavy (non-hydrogen) atoms. The van der Waals surface area contributed by atoms with Crippen LogP contribution in [0.5, 0.6) is 0 Å². The van der Waals surface area contributed by atoms with Crippen molar-refractivity contribution in [3.8, 4) is 0 Å². The summed E-state index contributed by atoms with van der Waals surface area (Å²) in [6.45, 7) is 0. The van der Waals surface area contributed by atoms with Crippen molar-refractivity contribution in [2.24, 2.45) is 0 Å². The fourth-order valence-electron chi connectivity index (χ4n) is 1.69. The molecule has 0 spiro atoms. The number of imide groups is 1. The summed E-state index contributed by atoms with van der Waals surface area (Å²) < 4.78 is 25.5. The van der Waals surface area contributed by atoms with Crippen molar-refractivity contribution in [2.75, 3.05) is 7.05 Å². The molecule has 1 aromatic heterocycles. The molecule has 114 valence electrons. The third-order valence-electron chi connectivity index (χ3n) is 2.79. The van der Waals surface area contributed by atoms with E-state index >= 15 is 0 Å². The lowest BCUT2D eigenvalue weighted by molar-refractivity contribution is -0.384. The van der Waals surface area contributed by atoms with E-state index in [1.54, 1.807) is 0 Å². The number of sulfonamides is 1. The number of hydrogen-bond acceptors (Lipinski definition) is 7. The van der Waals surface area contributed by atoms with Crippen LogP contribution in [0.15, 0.2) is 10.3 Å². The van der Waals surface area contributed by atoms with Gasteiger partial charge in [-0.15, -0.1) is 11.3 Å². The van der Waals surface area contributed by atoms with E-state index < -0.39 is 42.7 Å². The number of halogens is 1. The second-order valence-corrected chi connectivity index (χ2v) is 7.75. The lowest BCUT2D eigenvalue weighted by Gasteiger charge is -2.10. The van der Waals surface area contributed by atoms with Gasteiger partial charge in [-0.25, -0.2) is 8.42 Å². The molecule has 1 aromatic rings. The predicted octanol–water partition coefficient (Wildman–Crippen LogP) is 0.345. The zero-order valence-electron chi connectivity index (χ0n) is 10.4. The van der Waals surface area contributed by atoms with E-state index in [2.05, 4.69) is 4.72 Å². The minimum atomic E-state index is -4.18. The minimum absolute atomic E-state index is 0.286. The maximum Gasteiger partial charge on any atom is 0.300 e. The van der Waals surface area contributed by atoms with Gasteiger partial charge in [-0.05, 0) is 0 Å². The van der Waals surface area contributed by atoms with Gasteiger partial charge in [0.2, 0.25) is 11.8 Å². The number of amides is 2. The number of hydrogen-bond donors (Lipinski definition) is 1. The van der Waals surface area contributed by atoms with Gasteiger partial charge in [0.1, 0.15) is 10.3 Å². The van der Waals surface area contributed by atoms with Gasteiger partial charge in [0.05, 0.1) is 11.3 Å². The van der Waals surface area contributed by atoms with Crippen molar-refractivity contribution in [3.05, 3.63) is 20.5 Å². The van der Waals surface area contributed by atoms with Gasteiger partial charge in [-0.2, -0.15) is 4.72 Å². The first-order valence-electron chi connectivity index (χ1n) is 5.40. The van der Waals surface area contributed by atoms with Crippen LogP contribution in [0.3, 0.4) is 0 Å². The van der Waals surface area contributed by atoms with E-state index in [4.69, 9.17) is 11.6 Å². The van der Waals surface area contributed by atoms with Crippen LogP contribution in [0.2, 0.25) is 4.34 Å². The molecule has 0 aliphatic carbocycles. The van der Waals surface area contributed by atoms with Crippen LogP contribution in [0, 0.1) is 10.1 Å². The van der Waals surface area contributed by atoms with Crippen LogP contribution >= 0.6 is 22.9 Å². The third-order valence-corrected chi connectivity index (χ3v) is 6.07. The molecule has 1 fully saturated rings. The number of nitrogens with one attached hydrogen (secondary N) is 1. The van der Waals surface area contributed by atoms with Crippen LogP contribution in [0.1, 0.15) is 6.42 Å². The molecule has 1 atom stereocenters. The fourth-order valence-corrected chi connectivity index (χ4v) is 4.56. The number of nitrogens with zero attached hydrogens (tertiary/aromatic N) is 2. The van der Waals surface area contributed by atoms with Gasteiger partial charge in [0.25, 0.3) is 15.7 Å². The van der Waals surface area contributed by atoms with Gasteiger partial charge < -0.3 is 0 Å². The number of carbonyl (C=O) groups excluding carboxylic acids is 2. The highest BCUT2D eigenvalue weighted by atomic mass is 35.5. The fraction of sp³-hybridized carbons (Fsp3) is 0.333. The van der Waals surface area contributed by atoms with Crippen LogP contribution in [0.25, 0.3) is 0 Å². The standard InChI is InChI=1S/C9H8ClN3O6S2/c1-12-6(14)2-4(9(12)15)11-21(18,19)7-3-5(13(16)17)8(10)20-7/h3-4,11H,2H2,1H3. The van der Waals surface area contributed by atoms with Crippen LogP contribution in [0.4, 0.5) is 5.69 Å². The largest absolute Gasteiger partial charge is 0.300 e. The molecule has 1 saturated heterocycles. The summed E-state index contributed by atoms with van der Waals surface area (Å²) in [7, 11) is -2.94. The number of rotatable bonds is 4. The number of thiophene rings is 1. The molecule has 2 heterocycles. The second kappa shape index (κ2) is 5.33. The highest BCUT2D eigenvalue weighted by Gasteiger charge is 2.39. The summed E-state index contributed by atoms with van der Waals surface area (Å²) in [5.74, 6) is -1.19. The van der Waals surface area contributed by atoms with E-state index in [-0.39, 0.29) is 10.8 Å². The highest BCUT2D eigenvalue weighted by Crippen LogP contribution is 2.36. The number of likely N-dealkylation sites (tertiary alicyclic amines) is 1. The number of nitro groups is 1. The van der Waals surface area contributed by atoms with Crippen molar-refractivity contribution >= 4 is 50.5 Å². The van der Waals surface area contributed by atoms with Crippen LogP contribution in [-0.2, 0) is 19.6 Å². The molecule has 0 radical (unpaired) electrons. The first-order valence-corrected chi connectivity index (χ1v) is 8.07. The highest BCUT2D eigenvalue weighted by molar-refractivity contribution is 7.91. The zero-order valence-corrected chi connectivity index (χ0v) is 12.8. The molecule has 1 aliphatic rings. The Morgan fingerprint density at radius 1 is 1.52 bits per heavy atom. The molecular formula is C9H8ClN3O6S2. The SMILES string of the molecule is CN1C(=O)CC(NS(=O)(=O)c2cc([N+](=O)[O-])c(Cl)s2)C1=O. The number of likely N-dealkylation sites (N-methyl/N-ethyl adjacent to an activating group) is 1. The summed E-state index contributed by atoms with van der Waals surface area (Å²) in [5.41, 5.74) is -0.534. The topological polar surface area (TPSA) is 127 Å². The molecule has 9 nitrogen and oxygen atoms in total. The Morgan fingerprint density at radius 3 is 2.57 bits per heavy atom. The molecule has 1 aliphatic heterocycles. The third kappa shape index (κ3) is 2.90. The Bertz CT molecular complexity index is 743. The van der Waals surface area contributed by atoms with E-state index in [9.17, 15) is 28.1 Å². The lowest BCUT2D eigenvalue weighted by atomic mass is 10.3. The Balaban J connectivity index is 2.27. The van der Waals surface area contributed by atoms with Gasteiger partial charge in [0.15, 0.2) is 4.34 Å². The maximum absolute atomic E-state index is 12.1. The molecule has 1 N–H and O–H groups in total. The maximum atomic E-state index is 12.1. The lowest BCUT2D eigenvalue weighted by Crippen LogP contribution is -2.40. The molecule has 2 amide bonds. The van der Waals surface area contributed by atoms with Crippen LogP contribution in [-0.4, -0.2) is 43.1 Å². The van der Waals surface area contributed by atoms with Crippen molar-refractivity contribution in [1.82, 2.24) is 9.62 Å². The monoisotopic (exact) mass is 353 g/mol.